The molecule has 2 aromatic rings. The molecule has 2 aliphatic rings. The van der Waals surface area contributed by atoms with Crippen LogP contribution in [0.15, 0.2) is 41.8 Å². The molecule has 0 radical (unpaired) electrons. The minimum Gasteiger partial charge on any atom is -0.391 e. The molecule has 0 spiro atoms. The number of carbonyl (C=O) groups is 2. The summed E-state index contributed by atoms with van der Waals surface area (Å²) in [5.41, 5.74) is 0.551. The van der Waals surface area contributed by atoms with Crippen LogP contribution in [-0.2, 0) is 0 Å². The second-order valence-corrected chi connectivity index (χ2v) is 8.78. The summed E-state index contributed by atoms with van der Waals surface area (Å²) in [6.07, 6.45) is 1.51. The summed E-state index contributed by atoms with van der Waals surface area (Å²) in [6.45, 7) is 2.49. The van der Waals surface area contributed by atoms with E-state index in [9.17, 15) is 19.1 Å². The summed E-state index contributed by atoms with van der Waals surface area (Å²) >= 11 is 1.44. The van der Waals surface area contributed by atoms with E-state index in [4.69, 9.17) is 0 Å². The molecule has 5 nitrogen and oxygen atoms in total. The van der Waals surface area contributed by atoms with Gasteiger partial charge in [-0.25, -0.2) is 4.39 Å². The summed E-state index contributed by atoms with van der Waals surface area (Å²) in [5.74, 6) is -0.341. The SMILES string of the molecule is O=C(c1ccc(F)cc1)C1CCN([C@@H]2CN(C(=O)c3cccs3)CC[C@H]2O)CC1. The molecule has 4 rings (SSSR count). The highest BCUT2D eigenvalue weighted by molar-refractivity contribution is 7.12. The molecule has 1 N–H and O–H groups in total. The van der Waals surface area contributed by atoms with Gasteiger partial charge in [0, 0.05) is 24.6 Å². The fraction of sp³-hybridized carbons (Fsp3) is 0.455. The van der Waals surface area contributed by atoms with Gasteiger partial charge in [-0.05, 0) is 68.1 Å². The van der Waals surface area contributed by atoms with Gasteiger partial charge in [0.2, 0.25) is 0 Å². The molecule has 2 fully saturated rings. The predicted octanol–water partition coefficient (Wildman–Crippen LogP) is 3.06. The molecule has 0 aliphatic carbocycles. The van der Waals surface area contributed by atoms with Crippen molar-refractivity contribution in [3.63, 3.8) is 0 Å². The van der Waals surface area contributed by atoms with Crippen LogP contribution in [0, 0.1) is 11.7 Å². The van der Waals surface area contributed by atoms with Crippen LogP contribution < -0.4 is 0 Å². The number of hydrogen-bond donors (Lipinski definition) is 1. The number of ketones is 1. The molecule has 7 heteroatoms. The van der Waals surface area contributed by atoms with E-state index in [1.54, 1.807) is 12.1 Å². The van der Waals surface area contributed by atoms with Crippen molar-refractivity contribution in [2.24, 2.45) is 5.92 Å². The number of aliphatic hydroxyl groups excluding tert-OH is 1. The quantitative estimate of drug-likeness (QED) is 0.779. The third-order valence-corrected chi connectivity index (χ3v) is 6.92. The number of carbonyl (C=O) groups excluding carboxylic acids is 2. The second-order valence-electron chi connectivity index (χ2n) is 7.83. The maximum absolute atomic E-state index is 13.1. The second kappa shape index (κ2) is 8.73. The normalized spacial score (nSPS) is 23.9. The maximum atomic E-state index is 13.1. The number of thiophene rings is 1. The largest absolute Gasteiger partial charge is 0.391 e. The molecule has 0 unspecified atom stereocenters. The van der Waals surface area contributed by atoms with Crippen LogP contribution in [0.25, 0.3) is 0 Å². The zero-order valence-corrected chi connectivity index (χ0v) is 17.0. The molecule has 29 heavy (non-hydrogen) atoms. The summed E-state index contributed by atoms with van der Waals surface area (Å²) in [4.78, 5) is 30.1. The number of benzene rings is 1. The van der Waals surface area contributed by atoms with Gasteiger partial charge in [0.15, 0.2) is 5.78 Å². The summed E-state index contributed by atoms with van der Waals surface area (Å²) in [5, 5.41) is 12.4. The average molecular weight is 417 g/mol. The van der Waals surface area contributed by atoms with Crippen LogP contribution in [0.3, 0.4) is 0 Å². The van der Waals surface area contributed by atoms with Crippen molar-refractivity contribution in [3.8, 4) is 0 Å². The van der Waals surface area contributed by atoms with E-state index in [2.05, 4.69) is 4.90 Å². The summed E-state index contributed by atoms with van der Waals surface area (Å²) in [7, 11) is 0. The fourth-order valence-electron chi connectivity index (χ4n) is 4.36. The molecule has 1 aromatic heterocycles. The van der Waals surface area contributed by atoms with Gasteiger partial charge >= 0.3 is 0 Å². The molecule has 2 aliphatic heterocycles. The predicted molar refractivity (Wildman–Crippen MR) is 110 cm³/mol. The van der Waals surface area contributed by atoms with Gasteiger partial charge in [-0.3, -0.25) is 14.5 Å². The smallest absolute Gasteiger partial charge is 0.263 e. The zero-order chi connectivity index (χ0) is 20.4. The van der Waals surface area contributed by atoms with E-state index in [0.717, 1.165) is 4.88 Å². The lowest BCUT2D eigenvalue weighted by Crippen LogP contribution is -2.58. The lowest BCUT2D eigenvalue weighted by molar-refractivity contribution is -0.0174. The zero-order valence-electron chi connectivity index (χ0n) is 16.2. The molecule has 0 saturated carbocycles. The number of hydrogen-bond acceptors (Lipinski definition) is 5. The highest BCUT2D eigenvalue weighted by Crippen LogP contribution is 2.27. The first-order valence-corrected chi connectivity index (χ1v) is 11.0. The number of rotatable bonds is 4. The van der Waals surface area contributed by atoms with Crippen molar-refractivity contribution >= 4 is 23.0 Å². The number of halogens is 1. The van der Waals surface area contributed by atoms with Crippen molar-refractivity contribution < 1.29 is 19.1 Å². The van der Waals surface area contributed by atoms with Crippen LogP contribution in [0.4, 0.5) is 4.39 Å². The molecule has 3 heterocycles. The van der Waals surface area contributed by atoms with Crippen molar-refractivity contribution in [2.45, 2.75) is 31.4 Å². The first-order chi connectivity index (χ1) is 14.0. The van der Waals surface area contributed by atoms with Crippen LogP contribution in [0.5, 0.6) is 0 Å². The highest BCUT2D eigenvalue weighted by Gasteiger charge is 2.37. The Kier molecular flexibility index (Phi) is 6.08. The van der Waals surface area contributed by atoms with Crippen LogP contribution >= 0.6 is 11.3 Å². The minimum absolute atomic E-state index is 0.0262. The Morgan fingerprint density at radius 1 is 1.03 bits per heavy atom. The number of Topliss-reactive ketones (excluding diaryl/α,β-unsaturated/α-hetero) is 1. The lowest BCUT2D eigenvalue weighted by Gasteiger charge is -2.44. The van der Waals surface area contributed by atoms with Gasteiger partial charge < -0.3 is 10.0 Å². The number of likely N-dealkylation sites (tertiary alicyclic amines) is 2. The Morgan fingerprint density at radius 2 is 1.76 bits per heavy atom. The van der Waals surface area contributed by atoms with Gasteiger partial charge in [0.1, 0.15) is 5.82 Å². The first kappa shape index (κ1) is 20.2. The number of amides is 1. The van der Waals surface area contributed by atoms with Gasteiger partial charge in [-0.2, -0.15) is 0 Å². The molecule has 2 saturated heterocycles. The molecule has 1 amide bonds. The Labute approximate surface area is 173 Å². The molecule has 154 valence electrons. The number of nitrogens with zero attached hydrogens (tertiary/aromatic N) is 2. The van der Waals surface area contributed by atoms with Gasteiger partial charge in [-0.15, -0.1) is 11.3 Å². The molecular formula is C22H25FN2O3S. The third kappa shape index (κ3) is 4.42. The van der Waals surface area contributed by atoms with Gasteiger partial charge in [-0.1, -0.05) is 6.07 Å². The van der Waals surface area contributed by atoms with Crippen molar-refractivity contribution in [2.75, 3.05) is 26.2 Å². The average Bonchev–Trinajstić information content (AvgIpc) is 3.29. The Balaban J connectivity index is 1.36. The van der Waals surface area contributed by atoms with Crippen LogP contribution in [-0.4, -0.2) is 64.9 Å². The van der Waals surface area contributed by atoms with E-state index in [1.807, 2.05) is 22.4 Å². The van der Waals surface area contributed by atoms with Crippen molar-refractivity contribution in [1.82, 2.24) is 9.80 Å². The van der Waals surface area contributed by atoms with E-state index < -0.39 is 6.10 Å². The monoisotopic (exact) mass is 416 g/mol. The Hall–Kier alpha value is -2.09. The topological polar surface area (TPSA) is 60.9 Å². The van der Waals surface area contributed by atoms with E-state index >= 15 is 0 Å². The highest BCUT2D eigenvalue weighted by atomic mass is 32.1. The Bertz CT molecular complexity index is 847. The van der Waals surface area contributed by atoms with E-state index in [-0.39, 0.29) is 29.5 Å². The van der Waals surface area contributed by atoms with Gasteiger partial charge in [0.25, 0.3) is 5.91 Å². The van der Waals surface area contributed by atoms with Crippen molar-refractivity contribution in [3.05, 3.63) is 58.0 Å². The van der Waals surface area contributed by atoms with Crippen LogP contribution in [0.1, 0.15) is 39.3 Å². The number of aliphatic hydroxyl groups is 1. The molecule has 2 atom stereocenters. The van der Waals surface area contributed by atoms with E-state index in [1.165, 1.54) is 23.5 Å². The van der Waals surface area contributed by atoms with Crippen molar-refractivity contribution in [1.29, 1.82) is 0 Å². The molecule has 0 bridgehead atoms. The maximum Gasteiger partial charge on any atom is 0.263 e. The third-order valence-electron chi connectivity index (χ3n) is 6.06. The minimum atomic E-state index is -0.466. The Morgan fingerprint density at radius 3 is 2.41 bits per heavy atom. The van der Waals surface area contributed by atoms with E-state index in [0.29, 0.717) is 51.0 Å². The van der Waals surface area contributed by atoms with Gasteiger partial charge in [0.05, 0.1) is 17.0 Å². The standard InChI is InChI=1S/C22H25FN2O3S/c23-17-5-3-15(4-6-17)21(27)16-7-10-24(11-8-16)18-14-25(12-9-19(18)26)22(28)20-2-1-13-29-20/h1-6,13,16,18-19,26H,7-12,14H2/t18-,19-/m1/s1. The number of piperidine rings is 2. The summed E-state index contributed by atoms with van der Waals surface area (Å²) < 4.78 is 13.1. The molecule has 1 aromatic carbocycles. The first-order valence-electron chi connectivity index (χ1n) is 10.1. The lowest BCUT2D eigenvalue weighted by atomic mass is 9.87. The molecular weight excluding hydrogens is 391 g/mol. The fourth-order valence-corrected chi connectivity index (χ4v) is 5.05. The summed E-state index contributed by atoms with van der Waals surface area (Å²) in [6, 6.07) is 9.33. The van der Waals surface area contributed by atoms with Crippen LogP contribution in [0.2, 0.25) is 0 Å².